The number of hydrogen-bond donors (Lipinski definition) is 6. The SMILES string of the molecule is Nc1ncnc2c1ncn2[C@@H]1O[C@H](C[O-])[C@@H](OP(=O)(O)OC[C@H]2O[C@@H](n3ccc(=O)[nH]c3=O)[C@H](O)[C@@H]2O)[C@H]1O.[Na+]. The molecule has 0 aromatic carbocycles. The van der Waals surface area contributed by atoms with E-state index in [2.05, 4.69) is 15.0 Å². The number of nitrogens with two attached hydrogens (primary N) is 1. The van der Waals surface area contributed by atoms with Crippen molar-refractivity contribution in [1.29, 1.82) is 0 Å². The molecule has 2 aliphatic heterocycles. The summed E-state index contributed by atoms with van der Waals surface area (Å²) in [6, 6.07) is 0.993. The third-order valence-electron chi connectivity index (χ3n) is 6.25. The Kier molecular flexibility index (Phi) is 9.27. The van der Waals surface area contributed by atoms with Gasteiger partial charge in [0.25, 0.3) is 5.56 Å². The van der Waals surface area contributed by atoms with Crippen molar-refractivity contribution in [2.75, 3.05) is 18.9 Å². The van der Waals surface area contributed by atoms with Gasteiger partial charge in [0, 0.05) is 12.3 Å². The molecule has 5 rings (SSSR count). The number of hydrogen-bond acceptors (Lipinski definition) is 15. The van der Waals surface area contributed by atoms with E-state index in [1.807, 2.05) is 4.98 Å². The minimum Gasteiger partial charge on any atom is -0.853 e. The van der Waals surface area contributed by atoms with Gasteiger partial charge in [-0.05, 0) is 0 Å². The molecule has 0 bridgehead atoms. The zero-order valence-electron chi connectivity index (χ0n) is 20.7. The van der Waals surface area contributed by atoms with Crippen LogP contribution in [0, 0.1) is 0 Å². The van der Waals surface area contributed by atoms with Crippen molar-refractivity contribution in [2.24, 2.45) is 0 Å². The predicted molar refractivity (Wildman–Crippen MR) is 122 cm³/mol. The van der Waals surface area contributed by atoms with E-state index < -0.39 is 81.4 Å². The van der Waals surface area contributed by atoms with Gasteiger partial charge in [0.05, 0.1) is 19.0 Å². The summed E-state index contributed by atoms with van der Waals surface area (Å²) in [6.45, 7) is -1.77. The summed E-state index contributed by atoms with van der Waals surface area (Å²) in [5.41, 5.74) is 4.51. The van der Waals surface area contributed by atoms with E-state index in [1.165, 1.54) is 10.9 Å². The summed E-state index contributed by atoms with van der Waals surface area (Å²) in [5.74, 6) is 0.0572. The Bertz CT molecular complexity index is 1520. The van der Waals surface area contributed by atoms with E-state index in [0.29, 0.717) is 0 Å². The molecule has 3 aromatic rings. The van der Waals surface area contributed by atoms with Gasteiger partial charge in [0.1, 0.15) is 42.4 Å². The third kappa shape index (κ3) is 5.79. The minimum atomic E-state index is -5.03. The number of rotatable bonds is 8. The molecule has 19 nitrogen and oxygen atoms in total. The van der Waals surface area contributed by atoms with Gasteiger partial charge < -0.3 is 40.5 Å². The third-order valence-corrected chi connectivity index (χ3v) is 7.24. The van der Waals surface area contributed by atoms with Crippen molar-refractivity contribution in [1.82, 2.24) is 29.1 Å². The molecule has 212 valence electrons. The number of fused-ring (bicyclic) bond motifs is 1. The summed E-state index contributed by atoms with van der Waals surface area (Å²) in [7, 11) is -5.03. The summed E-state index contributed by atoms with van der Waals surface area (Å²) >= 11 is 0. The molecule has 0 spiro atoms. The van der Waals surface area contributed by atoms with Crippen LogP contribution in [0.3, 0.4) is 0 Å². The summed E-state index contributed by atoms with van der Waals surface area (Å²) in [6.07, 6.45) is -8.75. The predicted octanol–water partition coefficient (Wildman–Crippen LogP) is -7.30. The molecule has 1 unspecified atom stereocenters. The van der Waals surface area contributed by atoms with Gasteiger partial charge in [0.2, 0.25) is 0 Å². The summed E-state index contributed by atoms with van der Waals surface area (Å²) in [4.78, 5) is 47.4. The monoisotopic (exact) mass is 595 g/mol. The fraction of sp³-hybridized carbons (Fsp3) is 0.526. The first-order valence-corrected chi connectivity index (χ1v) is 12.8. The second-order valence-electron chi connectivity index (χ2n) is 8.70. The molecule has 2 aliphatic rings. The van der Waals surface area contributed by atoms with Gasteiger partial charge in [0.15, 0.2) is 23.9 Å². The molecule has 0 aliphatic carbocycles. The van der Waals surface area contributed by atoms with Gasteiger partial charge in [-0.2, -0.15) is 0 Å². The zero-order chi connectivity index (χ0) is 28.1. The van der Waals surface area contributed by atoms with Crippen LogP contribution >= 0.6 is 7.82 Å². The fourth-order valence-corrected chi connectivity index (χ4v) is 5.31. The first kappa shape index (κ1) is 30.8. The number of H-pyrrole nitrogens is 1. The van der Waals surface area contributed by atoms with E-state index in [-0.39, 0.29) is 46.5 Å². The van der Waals surface area contributed by atoms with Gasteiger partial charge >= 0.3 is 43.1 Å². The number of anilines is 1. The van der Waals surface area contributed by atoms with Crippen LogP contribution in [0.15, 0.2) is 34.5 Å². The van der Waals surface area contributed by atoms with E-state index >= 15 is 0 Å². The van der Waals surface area contributed by atoms with Crippen LogP contribution in [0.5, 0.6) is 0 Å². The number of ether oxygens (including phenoxy) is 2. The number of aromatic nitrogens is 6. The van der Waals surface area contributed by atoms with Crippen molar-refractivity contribution >= 4 is 24.8 Å². The summed E-state index contributed by atoms with van der Waals surface area (Å²) < 4.78 is 35.7. The number of phosphoric acid groups is 1. The fourth-order valence-electron chi connectivity index (χ4n) is 4.35. The Labute approximate surface area is 245 Å². The van der Waals surface area contributed by atoms with Gasteiger partial charge in [-0.1, -0.05) is 0 Å². The van der Waals surface area contributed by atoms with Crippen LogP contribution in [0.25, 0.3) is 11.2 Å². The van der Waals surface area contributed by atoms with E-state index in [0.717, 1.165) is 23.2 Å². The number of nitrogens with zero attached hydrogens (tertiary/aromatic N) is 5. The topological polar surface area (TPSA) is 282 Å². The van der Waals surface area contributed by atoms with E-state index in [4.69, 9.17) is 24.3 Å². The molecule has 0 amide bonds. The van der Waals surface area contributed by atoms with Crippen LogP contribution in [0.4, 0.5) is 5.82 Å². The number of imidazole rings is 1. The Morgan fingerprint density at radius 1 is 1.07 bits per heavy atom. The molecule has 7 N–H and O–H groups in total. The Morgan fingerprint density at radius 2 is 1.77 bits per heavy atom. The number of aliphatic hydroxyl groups excluding tert-OH is 3. The van der Waals surface area contributed by atoms with Crippen LogP contribution in [0.2, 0.25) is 0 Å². The Morgan fingerprint density at radius 3 is 2.48 bits per heavy atom. The summed E-state index contributed by atoms with van der Waals surface area (Å²) in [5, 5.41) is 43.2. The smallest absolute Gasteiger partial charge is 0.853 e. The van der Waals surface area contributed by atoms with Crippen molar-refractivity contribution in [3.63, 3.8) is 0 Å². The van der Waals surface area contributed by atoms with Gasteiger partial charge in [-0.3, -0.25) is 28.0 Å². The van der Waals surface area contributed by atoms with Gasteiger partial charge in [-0.15, -0.1) is 6.61 Å². The minimum absolute atomic E-state index is 0. The quantitative estimate of drug-likeness (QED) is 0.104. The van der Waals surface area contributed by atoms with E-state index in [9.17, 15) is 39.5 Å². The second kappa shape index (κ2) is 12.0. The molecule has 0 saturated carbocycles. The van der Waals surface area contributed by atoms with Crippen molar-refractivity contribution in [3.05, 3.63) is 45.8 Å². The van der Waals surface area contributed by atoms with Crippen molar-refractivity contribution in [2.45, 2.75) is 49.1 Å². The average molecular weight is 595 g/mol. The number of nitrogens with one attached hydrogen (secondary N) is 1. The maximum Gasteiger partial charge on any atom is 1.00 e. The number of nitrogen functional groups attached to an aromatic ring is 1. The van der Waals surface area contributed by atoms with Gasteiger partial charge in [-0.25, -0.2) is 24.3 Å². The molecule has 0 radical (unpaired) electrons. The molecule has 2 fully saturated rings. The molecule has 9 atom stereocenters. The van der Waals surface area contributed by atoms with Crippen LogP contribution in [-0.2, 0) is 23.1 Å². The molecular formula is C19H23N7NaO12P. The number of aliphatic hydroxyl groups is 3. The maximum atomic E-state index is 12.7. The molecular weight excluding hydrogens is 572 g/mol. The number of aromatic amines is 1. The second-order valence-corrected chi connectivity index (χ2v) is 10.1. The molecule has 3 aromatic heterocycles. The van der Waals surface area contributed by atoms with E-state index in [1.54, 1.807) is 0 Å². The Hall–Kier alpha value is -2.10. The first-order valence-electron chi connectivity index (χ1n) is 11.3. The number of phosphoric ester groups is 1. The molecule has 5 heterocycles. The molecule has 21 heteroatoms. The standard InChI is InChI=1S/C19H23N7O12P.Na/c20-15-10-16(22-5-21-15)26(6-23-10)18-13(31)14(7(3-27)36-18)38-39(33,34)35-4-8-11(29)12(30)17(37-8)25-2-1-9(28)24-19(25)32;/h1-2,5-8,11-14,17-18,29-31H,3-4H2,(H,33,34)(H2,20,21,22)(H,24,28,32);/q-1;+1/t7-,8-,11-,12-,13-,14-,17-,18-;/m1./s1. The first-order chi connectivity index (χ1) is 18.5. The zero-order valence-corrected chi connectivity index (χ0v) is 23.6. The normalized spacial score (nSPS) is 31.7. The maximum absolute atomic E-state index is 12.7. The van der Waals surface area contributed by atoms with Crippen molar-refractivity contribution in [3.8, 4) is 0 Å². The largest absolute Gasteiger partial charge is 1.00 e. The van der Waals surface area contributed by atoms with Crippen molar-refractivity contribution < 1.29 is 78.0 Å². The average Bonchev–Trinajstić information content (AvgIpc) is 3.53. The molecule has 40 heavy (non-hydrogen) atoms. The van der Waals surface area contributed by atoms with Crippen LogP contribution < -0.4 is 51.6 Å². The Balaban J connectivity index is 0.00000370. The molecule has 2 saturated heterocycles. The van der Waals surface area contributed by atoms with Crippen LogP contribution in [0.1, 0.15) is 12.5 Å². The van der Waals surface area contributed by atoms with Crippen LogP contribution in [-0.4, -0.2) is 99.1 Å².